The summed E-state index contributed by atoms with van der Waals surface area (Å²) in [4.78, 5) is 10.3. The Bertz CT molecular complexity index is 279. The van der Waals surface area contributed by atoms with Gasteiger partial charge in [-0.05, 0) is 24.8 Å². The first-order valence-corrected chi connectivity index (χ1v) is 4.15. The fourth-order valence-electron chi connectivity index (χ4n) is 1.21. The predicted octanol–water partition coefficient (Wildman–Crippen LogP) is 1.31. The summed E-state index contributed by atoms with van der Waals surface area (Å²) in [6, 6.07) is -0.647. The molecule has 0 heterocycles. The van der Waals surface area contributed by atoms with Crippen molar-refractivity contribution in [3.8, 4) is 0 Å². The van der Waals surface area contributed by atoms with E-state index < -0.39 is 6.03 Å². The van der Waals surface area contributed by atoms with Crippen molar-refractivity contribution < 1.29 is 4.79 Å². The summed E-state index contributed by atoms with van der Waals surface area (Å²) in [5, 5.41) is 3.67. The molecule has 1 aliphatic carbocycles. The van der Waals surface area contributed by atoms with Crippen molar-refractivity contribution in [2.45, 2.75) is 19.3 Å². The van der Waals surface area contributed by atoms with Crippen molar-refractivity contribution in [2.24, 2.45) is 10.8 Å². The summed E-state index contributed by atoms with van der Waals surface area (Å²) in [6.45, 7) is 3.86. The van der Waals surface area contributed by atoms with Gasteiger partial charge in [-0.25, -0.2) is 10.2 Å². The van der Waals surface area contributed by atoms with Crippen LogP contribution in [-0.2, 0) is 0 Å². The lowest BCUT2D eigenvalue weighted by Crippen LogP contribution is -2.24. The van der Waals surface area contributed by atoms with E-state index in [0.29, 0.717) is 0 Å². The maximum absolute atomic E-state index is 10.3. The van der Waals surface area contributed by atoms with Gasteiger partial charge in [-0.2, -0.15) is 5.10 Å². The third-order valence-electron chi connectivity index (χ3n) is 1.76. The Labute approximate surface area is 77.2 Å². The predicted molar refractivity (Wildman–Crippen MR) is 52.3 cm³/mol. The fraction of sp³-hybridized carbons (Fsp3) is 0.333. The van der Waals surface area contributed by atoms with Crippen molar-refractivity contribution in [3.05, 3.63) is 23.8 Å². The zero-order valence-corrected chi connectivity index (χ0v) is 7.42. The molecule has 0 aromatic carbocycles. The highest BCUT2D eigenvalue weighted by molar-refractivity contribution is 5.81. The second kappa shape index (κ2) is 4.45. The molecular weight excluding hydrogens is 166 g/mol. The van der Waals surface area contributed by atoms with Crippen LogP contribution in [-0.4, -0.2) is 12.2 Å². The van der Waals surface area contributed by atoms with Gasteiger partial charge in [-0.1, -0.05) is 18.2 Å². The van der Waals surface area contributed by atoms with Crippen LogP contribution in [0.3, 0.4) is 0 Å². The second-order valence-corrected chi connectivity index (χ2v) is 2.97. The third kappa shape index (κ3) is 3.55. The number of carbonyl (C=O) groups excluding carboxylic acids is 1. The van der Waals surface area contributed by atoms with Crippen LogP contribution in [0.5, 0.6) is 0 Å². The van der Waals surface area contributed by atoms with Crippen LogP contribution in [0.4, 0.5) is 4.79 Å². The molecule has 4 nitrogen and oxygen atoms in total. The number of urea groups is 1. The average molecular weight is 179 g/mol. The topological polar surface area (TPSA) is 67.5 Å². The van der Waals surface area contributed by atoms with Gasteiger partial charge in [-0.3, -0.25) is 0 Å². The number of rotatable bonds is 2. The van der Waals surface area contributed by atoms with Gasteiger partial charge < -0.3 is 5.73 Å². The standard InChI is InChI=1S/C9H13N3O/c1-7-3-2-4-8(5-7)6-11-12-9(10)13/h5-6H,1-4H2,(H3,10,12,13)/b11-6+. The Hall–Kier alpha value is -1.58. The van der Waals surface area contributed by atoms with Gasteiger partial charge in [0.1, 0.15) is 0 Å². The Balaban J connectivity index is 2.48. The number of amides is 2. The molecule has 1 rings (SSSR count). The molecule has 4 heteroatoms. The quantitative estimate of drug-likeness (QED) is 0.487. The summed E-state index contributed by atoms with van der Waals surface area (Å²) in [5.74, 6) is 0. The molecule has 2 amide bonds. The Morgan fingerprint density at radius 2 is 2.46 bits per heavy atom. The monoisotopic (exact) mass is 179 g/mol. The SMILES string of the molecule is C=C1C=C(/C=N/NC(N)=O)CCC1. The summed E-state index contributed by atoms with van der Waals surface area (Å²) in [5.41, 5.74) is 9.16. The average Bonchev–Trinajstić information content (AvgIpc) is 2.03. The smallest absolute Gasteiger partial charge is 0.332 e. The van der Waals surface area contributed by atoms with E-state index in [1.807, 2.05) is 6.08 Å². The minimum absolute atomic E-state index is 0.647. The summed E-state index contributed by atoms with van der Waals surface area (Å²) in [6.07, 6.45) is 6.70. The van der Waals surface area contributed by atoms with Crippen molar-refractivity contribution in [3.63, 3.8) is 0 Å². The van der Waals surface area contributed by atoms with Gasteiger partial charge in [0.2, 0.25) is 0 Å². The summed E-state index contributed by atoms with van der Waals surface area (Å²) in [7, 11) is 0. The van der Waals surface area contributed by atoms with E-state index in [0.717, 1.165) is 30.4 Å². The number of allylic oxidation sites excluding steroid dienone is 3. The van der Waals surface area contributed by atoms with Crippen LogP contribution < -0.4 is 11.2 Å². The molecule has 1 aliphatic rings. The molecule has 0 bridgehead atoms. The number of hydrazone groups is 1. The van der Waals surface area contributed by atoms with E-state index in [9.17, 15) is 4.79 Å². The number of hydrogen-bond donors (Lipinski definition) is 2. The van der Waals surface area contributed by atoms with Crippen molar-refractivity contribution in [1.82, 2.24) is 5.43 Å². The molecule has 3 N–H and O–H groups in total. The van der Waals surface area contributed by atoms with E-state index in [4.69, 9.17) is 5.73 Å². The van der Waals surface area contributed by atoms with Crippen molar-refractivity contribution in [1.29, 1.82) is 0 Å². The first-order valence-electron chi connectivity index (χ1n) is 4.15. The Morgan fingerprint density at radius 3 is 3.08 bits per heavy atom. The summed E-state index contributed by atoms with van der Waals surface area (Å²) < 4.78 is 0. The maximum atomic E-state index is 10.3. The molecule has 0 atom stereocenters. The highest BCUT2D eigenvalue weighted by atomic mass is 16.2. The van der Waals surface area contributed by atoms with E-state index in [2.05, 4.69) is 17.1 Å². The largest absolute Gasteiger partial charge is 0.350 e. The molecule has 0 spiro atoms. The van der Waals surface area contributed by atoms with Gasteiger partial charge in [0.15, 0.2) is 0 Å². The molecule has 0 aromatic rings. The van der Waals surface area contributed by atoms with Gasteiger partial charge in [0, 0.05) is 0 Å². The Morgan fingerprint density at radius 1 is 1.69 bits per heavy atom. The minimum Gasteiger partial charge on any atom is -0.350 e. The molecular formula is C9H13N3O. The first-order chi connectivity index (χ1) is 6.18. The number of nitrogens with zero attached hydrogens (tertiary/aromatic N) is 1. The summed E-state index contributed by atoms with van der Waals surface area (Å²) >= 11 is 0. The molecule has 70 valence electrons. The van der Waals surface area contributed by atoms with Crippen LogP contribution in [0.25, 0.3) is 0 Å². The van der Waals surface area contributed by atoms with Gasteiger partial charge in [0.25, 0.3) is 0 Å². The first kappa shape index (κ1) is 9.51. The lowest BCUT2D eigenvalue weighted by Gasteiger charge is -2.09. The number of nitrogens with two attached hydrogens (primary N) is 1. The number of hydrogen-bond acceptors (Lipinski definition) is 2. The van der Waals surface area contributed by atoms with E-state index in [1.54, 1.807) is 6.21 Å². The molecule has 0 aliphatic heterocycles. The maximum Gasteiger partial charge on any atom is 0.332 e. The van der Waals surface area contributed by atoms with Crippen LogP contribution in [0.2, 0.25) is 0 Å². The van der Waals surface area contributed by atoms with Gasteiger partial charge in [0.05, 0.1) is 6.21 Å². The number of nitrogens with one attached hydrogen (secondary N) is 1. The van der Waals surface area contributed by atoms with E-state index >= 15 is 0 Å². The van der Waals surface area contributed by atoms with Crippen molar-refractivity contribution in [2.75, 3.05) is 0 Å². The molecule has 0 fully saturated rings. The van der Waals surface area contributed by atoms with Gasteiger partial charge >= 0.3 is 6.03 Å². The third-order valence-corrected chi connectivity index (χ3v) is 1.76. The van der Waals surface area contributed by atoms with E-state index in [1.165, 1.54) is 0 Å². The lowest BCUT2D eigenvalue weighted by molar-refractivity contribution is 0.249. The van der Waals surface area contributed by atoms with Crippen LogP contribution in [0.1, 0.15) is 19.3 Å². The highest BCUT2D eigenvalue weighted by Crippen LogP contribution is 2.19. The second-order valence-electron chi connectivity index (χ2n) is 2.97. The van der Waals surface area contributed by atoms with Crippen molar-refractivity contribution >= 4 is 12.2 Å². The zero-order valence-electron chi connectivity index (χ0n) is 7.42. The molecule has 13 heavy (non-hydrogen) atoms. The molecule has 0 saturated carbocycles. The Kier molecular flexibility index (Phi) is 3.25. The molecule has 0 radical (unpaired) electrons. The van der Waals surface area contributed by atoms with E-state index in [-0.39, 0.29) is 0 Å². The fourth-order valence-corrected chi connectivity index (χ4v) is 1.21. The highest BCUT2D eigenvalue weighted by Gasteiger charge is 2.03. The van der Waals surface area contributed by atoms with Crippen LogP contribution in [0.15, 0.2) is 28.9 Å². The number of primary amides is 1. The number of carbonyl (C=O) groups is 1. The minimum atomic E-state index is -0.647. The lowest BCUT2D eigenvalue weighted by atomic mass is 9.97. The normalized spacial score (nSPS) is 17.2. The molecule has 0 saturated heterocycles. The van der Waals surface area contributed by atoms with Gasteiger partial charge in [-0.15, -0.1) is 0 Å². The van der Waals surface area contributed by atoms with Crippen LogP contribution in [0, 0.1) is 0 Å². The zero-order chi connectivity index (χ0) is 9.68. The molecule has 0 unspecified atom stereocenters. The van der Waals surface area contributed by atoms with Crippen LogP contribution >= 0.6 is 0 Å². The molecule has 0 aromatic heterocycles.